The zero-order valence-electron chi connectivity index (χ0n) is 9.36. The molecule has 0 bridgehead atoms. The Bertz CT molecular complexity index is 334. The van der Waals surface area contributed by atoms with Crippen molar-refractivity contribution in [1.82, 2.24) is 4.98 Å². The molecule has 0 radical (unpaired) electrons. The standard InChI is InChI=1S/C12H18N2O/c1-9(2)15-12-6-4-5-11(14-12)10(3)7-8-13/h4-6,9H,3,7-8,13H2,1-2H3. The van der Waals surface area contributed by atoms with E-state index in [1.807, 2.05) is 32.0 Å². The molecule has 1 heterocycles. The average molecular weight is 206 g/mol. The van der Waals surface area contributed by atoms with Gasteiger partial charge in [0, 0.05) is 6.07 Å². The van der Waals surface area contributed by atoms with E-state index in [9.17, 15) is 0 Å². The van der Waals surface area contributed by atoms with Crippen LogP contribution in [0.1, 0.15) is 26.0 Å². The third-order valence-electron chi connectivity index (χ3n) is 1.89. The second-order valence-electron chi connectivity index (χ2n) is 3.67. The molecule has 82 valence electrons. The molecule has 1 aromatic heterocycles. The molecule has 0 saturated heterocycles. The first kappa shape index (κ1) is 11.7. The van der Waals surface area contributed by atoms with Gasteiger partial charge in [0.25, 0.3) is 0 Å². The molecule has 15 heavy (non-hydrogen) atoms. The van der Waals surface area contributed by atoms with Crippen LogP contribution in [0.4, 0.5) is 0 Å². The molecule has 3 nitrogen and oxygen atoms in total. The molecule has 0 saturated carbocycles. The van der Waals surface area contributed by atoms with Crippen LogP contribution in [-0.4, -0.2) is 17.6 Å². The normalized spacial score (nSPS) is 10.4. The minimum atomic E-state index is 0.135. The second-order valence-corrected chi connectivity index (χ2v) is 3.67. The van der Waals surface area contributed by atoms with Gasteiger partial charge < -0.3 is 10.5 Å². The van der Waals surface area contributed by atoms with Crippen LogP contribution in [0.2, 0.25) is 0 Å². The molecule has 0 aliphatic carbocycles. The Labute approximate surface area is 91.0 Å². The predicted octanol–water partition coefficient (Wildman–Crippen LogP) is 2.23. The van der Waals surface area contributed by atoms with Gasteiger partial charge in [-0.3, -0.25) is 0 Å². The van der Waals surface area contributed by atoms with Crippen LogP contribution >= 0.6 is 0 Å². The van der Waals surface area contributed by atoms with Gasteiger partial charge in [0.05, 0.1) is 11.8 Å². The van der Waals surface area contributed by atoms with Crippen molar-refractivity contribution >= 4 is 5.57 Å². The molecule has 0 fully saturated rings. The monoisotopic (exact) mass is 206 g/mol. The fourth-order valence-corrected chi connectivity index (χ4v) is 1.22. The number of rotatable bonds is 5. The van der Waals surface area contributed by atoms with Crippen LogP contribution in [-0.2, 0) is 0 Å². The lowest BCUT2D eigenvalue weighted by Gasteiger charge is -2.10. The second kappa shape index (κ2) is 5.51. The van der Waals surface area contributed by atoms with Gasteiger partial charge in [-0.2, -0.15) is 0 Å². The molecule has 0 aliphatic heterocycles. The first-order chi connectivity index (χ1) is 7.13. The minimum Gasteiger partial charge on any atom is -0.475 e. The maximum absolute atomic E-state index is 5.50. The summed E-state index contributed by atoms with van der Waals surface area (Å²) in [6.45, 7) is 8.48. The number of nitrogens with zero attached hydrogens (tertiary/aromatic N) is 1. The fourth-order valence-electron chi connectivity index (χ4n) is 1.22. The lowest BCUT2D eigenvalue weighted by atomic mass is 10.1. The topological polar surface area (TPSA) is 48.1 Å². The highest BCUT2D eigenvalue weighted by Gasteiger charge is 2.03. The first-order valence-corrected chi connectivity index (χ1v) is 5.15. The Morgan fingerprint density at radius 3 is 2.87 bits per heavy atom. The molecule has 0 aromatic carbocycles. The van der Waals surface area contributed by atoms with Crippen molar-refractivity contribution in [2.24, 2.45) is 5.73 Å². The molecule has 0 aliphatic rings. The van der Waals surface area contributed by atoms with Crippen LogP contribution in [0.15, 0.2) is 24.8 Å². The van der Waals surface area contributed by atoms with E-state index in [-0.39, 0.29) is 6.10 Å². The molecule has 2 N–H and O–H groups in total. The Morgan fingerprint density at radius 2 is 2.27 bits per heavy atom. The van der Waals surface area contributed by atoms with Crippen molar-refractivity contribution in [3.05, 3.63) is 30.5 Å². The summed E-state index contributed by atoms with van der Waals surface area (Å²) in [6.07, 6.45) is 0.897. The third kappa shape index (κ3) is 3.72. The van der Waals surface area contributed by atoms with Crippen molar-refractivity contribution in [1.29, 1.82) is 0 Å². The fraction of sp³-hybridized carbons (Fsp3) is 0.417. The maximum atomic E-state index is 5.50. The summed E-state index contributed by atoms with van der Waals surface area (Å²) in [6, 6.07) is 5.69. The molecule has 0 spiro atoms. The average Bonchev–Trinajstić information content (AvgIpc) is 2.17. The van der Waals surface area contributed by atoms with Gasteiger partial charge in [-0.25, -0.2) is 4.98 Å². The summed E-state index contributed by atoms with van der Waals surface area (Å²) in [4.78, 5) is 4.35. The van der Waals surface area contributed by atoms with E-state index in [0.29, 0.717) is 12.4 Å². The van der Waals surface area contributed by atoms with E-state index in [2.05, 4.69) is 11.6 Å². The number of hydrogen-bond acceptors (Lipinski definition) is 3. The van der Waals surface area contributed by atoms with Gasteiger partial charge in [-0.05, 0) is 38.5 Å². The van der Waals surface area contributed by atoms with Crippen molar-refractivity contribution in [3.63, 3.8) is 0 Å². The van der Waals surface area contributed by atoms with Crippen molar-refractivity contribution in [2.45, 2.75) is 26.4 Å². The Hall–Kier alpha value is -1.35. The van der Waals surface area contributed by atoms with Crippen molar-refractivity contribution in [2.75, 3.05) is 6.54 Å². The van der Waals surface area contributed by atoms with Crippen LogP contribution < -0.4 is 10.5 Å². The van der Waals surface area contributed by atoms with Crippen LogP contribution in [0.3, 0.4) is 0 Å². The highest BCUT2D eigenvalue weighted by atomic mass is 16.5. The van der Waals surface area contributed by atoms with Gasteiger partial charge in [0.15, 0.2) is 0 Å². The lowest BCUT2D eigenvalue weighted by molar-refractivity contribution is 0.232. The van der Waals surface area contributed by atoms with Gasteiger partial charge in [-0.1, -0.05) is 12.6 Å². The predicted molar refractivity (Wildman–Crippen MR) is 62.7 cm³/mol. The zero-order valence-corrected chi connectivity index (χ0v) is 9.36. The molecular formula is C12H18N2O. The SMILES string of the molecule is C=C(CCN)c1cccc(OC(C)C)n1. The van der Waals surface area contributed by atoms with E-state index in [4.69, 9.17) is 10.5 Å². The Morgan fingerprint density at radius 1 is 1.53 bits per heavy atom. The van der Waals surface area contributed by atoms with Gasteiger partial charge in [-0.15, -0.1) is 0 Å². The van der Waals surface area contributed by atoms with E-state index in [1.165, 1.54) is 0 Å². The maximum Gasteiger partial charge on any atom is 0.214 e. The number of aromatic nitrogens is 1. The van der Waals surface area contributed by atoms with Gasteiger partial charge in [0.1, 0.15) is 0 Å². The number of nitrogens with two attached hydrogens (primary N) is 1. The first-order valence-electron chi connectivity index (χ1n) is 5.15. The van der Waals surface area contributed by atoms with Gasteiger partial charge in [0.2, 0.25) is 5.88 Å². The zero-order chi connectivity index (χ0) is 11.3. The Kier molecular flexibility index (Phi) is 4.31. The lowest BCUT2D eigenvalue weighted by Crippen LogP contribution is -2.07. The summed E-state index contributed by atoms with van der Waals surface area (Å²) in [5.74, 6) is 0.640. The van der Waals surface area contributed by atoms with Crippen molar-refractivity contribution < 1.29 is 4.74 Å². The summed E-state index contributed by atoms with van der Waals surface area (Å²) >= 11 is 0. The third-order valence-corrected chi connectivity index (χ3v) is 1.89. The summed E-state index contributed by atoms with van der Waals surface area (Å²) < 4.78 is 5.50. The quantitative estimate of drug-likeness (QED) is 0.803. The summed E-state index contributed by atoms with van der Waals surface area (Å²) in [7, 11) is 0. The van der Waals surface area contributed by atoms with Gasteiger partial charge >= 0.3 is 0 Å². The van der Waals surface area contributed by atoms with Crippen LogP contribution in [0, 0.1) is 0 Å². The molecular weight excluding hydrogens is 188 g/mol. The number of ether oxygens (including phenoxy) is 1. The molecule has 1 aromatic rings. The molecule has 0 atom stereocenters. The highest BCUT2D eigenvalue weighted by molar-refractivity contribution is 5.60. The van der Waals surface area contributed by atoms with Crippen LogP contribution in [0.25, 0.3) is 5.57 Å². The molecule has 0 amide bonds. The highest BCUT2D eigenvalue weighted by Crippen LogP contribution is 2.17. The van der Waals surface area contributed by atoms with Crippen LogP contribution in [0.5, 0.6) is 5.88 Å². The molecule has 1 rings (SSSR count). The Balaban J connectivity index is 2.78. The largest absolute Gasteiger partial charge is 0.475 e. The number of pyridine rings is 1. The van der Waals surface area contributed by atoms with E-state index in [0.717, 1.165) is 17.7 Å². The minimum absolute atomic E-state index is 0.135. The molecule has 3 heteroatoms. The summed E-state index contributed by atoms with van der Waals surface area (Å²) in [5, 5.41) is 0. The summed E-state index contributed by atoms with van der Waals surface area (Å²) in [5.41, 5.74) is 7.28. The number of hydrogen-bond donors (Lipinski definition) is 1. The van der Waals surface area contributed by atoms with E-state index < -0.39 is 0 Å². The van der Waals surface area contributed by atoms with E-state index in [1.54, 1.807) is 0 Å². The van der Waals surface area contributed by atoms with Crippen molar-refractivity contribution in [3.8, 4) is 5.88 Å². The molecule has 0 unspecified atom stereocenters. The van der Waals surface area contributed by atoms with E-state index >= 15 is 0 Å². The smallest absolute Gasteiger partial charge is 0.214 e.